The molecule has 0 aliphatic carbocycles. The fourth-order valence-corrected chi connectivity index (χ4v) is 1.52. The van der Waals surface area contributed by atoms with E-state index in [2.05, 4.69) is 15.3 Å². The normalized spacial score (nSPS) is 10.1. The van der Waals surface area contributed by atoms with E-state index in [1.165, 1.54) is 24.5 Å². The minimum atomic E-state index is -1.34. The molecule has 0 unspecified atom stereocenters. The highest BCUT2D eigenvalue weighted by Crippen LogP contribution is 2.20. The maximum atomic E-state index is 13.6. The molecule has 2 aromatic rings. The Kier molecular flexibility index (Phi) is 3.69. The smallest absolute Gasteiger partial charge is 0.337 e. The summed E-state index contributed by atoms with van der Waals surface area (Å²) in [6.45, 7) is 1.70. The van der Waals surface area contributed by atoms with E-state index >= 15 is 0 Å². The number of anilines is 1. The third-order valence-electron chi connectivity index (χ3n) is 2.50. The van der Waals surface area contributed by atoms with Crippen LogP contribution in [0.2, 0.25) is 0 Å². The van der Waals surface area contributed by atoms with Crippen LogP contribution in [-0.4, -0.2) is 27.0 Å². The van der Waals surface area contributed by atoms with Gasteiger partial charge >= 0.3 is 5.97 Å². The van der Waals surface area contributed by atoms with E-state index in [0.717, 1.165) is 6.07 Å². The van der Waals surface area contributed by atoms with Crippen molar-refractivity contribution in [2.24, 2.45) is 0 Å². The molecule has 2 N–H and O–H groups in total. The molecule has 2 rings (SSSR count). The quantitative estimate of drug-likeness (QED) is 0.892. The predicted octanol–water partition coefficient (Wildman–Crippen LogP) is 1.87. The summed E-state index contributed by atoms with van der Waals surface area (Å²) in [6, 6.07) is 3.50. The molecule has 0 saturated heterocycles. The zero-order chi connectivity index (χ0) is 14.7. The number of nitrogens with one attached hydrogen (secondary N) is 1. The summed E-state index contributed by atoms with van der Waals surface area (Å²) in [5, 5.41) is 11.2. The first-order chi connectivity index (χ1) is 9.49. The average Bonchev–Trinajstić information content (AvgIpc) is 2.41. The van der Waals surface area contributed by atoms with Crippen molar-refractivity contribution in [2.75, 3.05) is 5.32 Å². The number of amides is 1. The van der Waals surface area contributed by atoms with Gasteiger partial charge in [0.05, 0.1) is 23.1 Å². The number of para-hydroxylation sites is 1. The monoisotopic (exact) mass is 275 g/mol. The number of hydrogen-bond donors (Lipinski definition) is 2. The van der Waals surface area contributed by atoms with Gasteiger partial charge in [0.2, 0.25) is 0 Å². The SMILES string of the molecule is Cc1cnc(C(=O)Nc2c(F)cccc2C(=O)O)cn1. The molecular formula is C13H10FN3O3. The van der Waals surface area contributed by atoms with E-state index in [1.54, 1.807) is 6.92 Å². The van der Waals surface area contributed by atoms with Gasteiger partial charge in [0, 0.05) is 6.20 Å². The second-order valence-electron chi connectivity index (χ2n) is 3.96. The van der Waals surface area contributed by atoms with Crippen molar-refractivity contribution in [1.82, 2.24) is 9.97 Å². The van der Waals surface area contributed by atoms with Crippen LogP contribution >= 0.6 is 0 Å². The Bertz CT molecular complexity index is 671. The van der Waals surface area contributed by atoms with Crippen LogP contribution in [0.25, 0.3) is 0 Å². The zero-order valence-corrected chi connectivity index (χ0v) is 10.4. The van der Waals surface area contributed by atoms with Crippen LogP contribution in [0.1, 0.15) is 26.5 Å². The summed E-state index contributed by atoms with van der Waals surface area (Å²) >= 11 is 0. The van der Waals surface area contributed by atoms with Crippen LogP contribution < -0.4 is 5.32 Å². The Morgan fingerprint density at radius 1 is 1.25 bits per heavy atom. The summed E-state index contributed by atoms with van der Waals surface area (Å²) < 4.78 is 13.6. The number of aryl methyl sites for hydroxylation is 1. The molecule has 6 nitrogen and oxygen atoms in total. The van der Waals surface area contributed by atoms with Crippen molar-refractivity contribution in [3.8, 4) is 0 Å². The van der Waals surface area contributed by atoms with E-state index in [0.29, 0.717) is 5.69 Å². The Balaban J connectivity index is 2.32. The van der Waals surface area contributed by atoms with Crippen molar-refractivity contribution < 1.29 is 19.1 Å². The maximum absolute atomic E-state index is 13.6. The second-order valence-corrected chi connectivity index (χ2v) is 3.96. The number of aromatic carboxylic acids is 1. The van der Waals surface area contributed by atoms with Crippen LogP contribution in [0, 0.1) is 12.7 Å². The molecule has 0 bridgehead atoms. The van der Waals surface area contributed by atoms with E-state index in [4.69, 9.17) is 5.11 Å². The highest BCUT2D eigenvalue weighted by molar-refractivity contribution is 6.06. The van der Waals surface area contributed by atoms with Gasteiger partial charge in [-0.15, -0.1) is 0 Å². The zero-order valence-electron chi connectivity index (χ0n) is 10.4. The molecule has 0 atom stereocenters. The number of hydrogen-bond acceptors (Lipinski definition) is 4. The number of carboxylic acids is 1. The van der Waals surface area contributed by atoms with Crippen LogP contribution in [0.5, 0.6) is 0 Å². The van der Waals surface area contributed by atoms with Crippen molar-refractivity contribution in [2.45, 2.75) is 6.92 Å². The lowest BCUT2D eigenvalue weighted by atomic mass is 10.1. The van der Waals surface area contributed by atoms with Gasteiger partial charge in [-0.2, -0.15) is 0 Å². The van der Waals surface area contributed by atoms with Crippen LogP contribution in [-0.2, 0) is 0 Å². The summed E-state index contributed by atoms with van der Waals surface area (Å²) in [6.07, 6.45) is 2.61. The third-order valence-corrected chi connectivity index (χ3v) is 2.50. The first kappa shape index (κ1) is 13.6. The van der Waals surface area contributed by atoms with Gasteiger partial charge in [-0.25, -0.2) is 14.2 Å². The molecule has 7 heteroatoms. The van der Waals surface area contributed by atoms with Gasteiger partial charge in [-0.1, -0.05) is 6.07 Å². The first-order valence-electron chi connectivity index (χ1n) is 5.61. The molecule has 1 aromatic heterocycles. The van der Waals surface area contributed by atoms with Crippen molar-refractivity contribution in [1.29, 1.82) is 0 Å². The number of rotatable bonds is 3. The largest absolute Gasteiger partial charge is 0.478 e. The Morgan fingerprint density at radius 3 is 2.60 bits per heavy atom. The molecule has 102 valence electrons. The number of carbonyl (C=O) groups excluding carboxylic acids is 1. The highest BCUT2D eigenvalue weighted by atomic mass is 19.1. The minimum Gasteiger partial charge on any atom is -0.478 e. The second kappa shape index (κ2) is 5.43. The van der Waals surface area contributed by atoms with Gasteiger partial charge in [0.25, 0.3) is 5.91 Å². The number of aromatic nitrogens is 2. The Morgan fingerprint density at radius 2 is 2.00 bits per heavy atom. The van der Waals surface area contributed by atoms with Gasteiger partial charge < -0.3 is 10.4 Å². The summed E-state index contributed by atoms with van der Waals surface area (Å²) in [5.41, 5.74) is -0.139. The maximum Gasteiger partial charge on any atom is 0.337 e. The van der Waals surface area contributed by atoms with Gasteiger partial charge in [0.15, 0.2) is 0 Å². The van der Waals surface area contributed by atoms with E-state index in [9.17, 15) is 14.0 Å². The van der Waals surface area contributed by atoms with E-state index in [-0.39, 0.29) is 11.3 Å². The number of carboxylic acid groups (broad SMARTS) is 1. The predicted molar refractivity (Wildman–Crippen MR) is 68.1 cm³/mol. The molecule has 0 aliphatic rings. The van der Waals surface area contributed by atoms with Crippen LogP contribution in [0.15, 0.2) is 30.6 Å². The fourth-order valence-electron chi connectivity index (χ4n) is 1.52. The molecule has 0 aliphatic heterocycles. The van der Waals surface area contributed by atoms with Crippen LogP contribution in [0.3, 0.4) is 0 Å². The lowest BCUT2D eigenvalue weighted by Crippen LogP contribution is -2.17. The summed E-state index contributed by atoms with van der Waals surface area (Å²) in [7, 11) is 0. The highest BCUT2D eigenvalue weighted by Gasteiger charge is 2.18. The molecule has 1 amide bonds. The molecule has 1 heterocycles. The van der Waals surface area contributed by atoms with Crippen molar-refractivity contribution >= 4 is 17.6 Å². The topological polar surface area (TPSA) is 92.2 Å². The molecule has 1 aromatic carbocycles. The molecule has 0 fully saturated rings. The van der Waals surface area contributed by atoms with Crippen LogP contribution in [0.4, 0.5) is 10.1 Å². The third kappa shape index (κ3) is 2.77. The Hall–Kier alpha value is -2.83. The molecular weight excluding hydrogens is 265 g/mol. The van der Waals surface area contributed by atoms with E-state index in [1.807, 2.05) is 0 Å². The Labute approximate surface area is 113 Å². The number of benzene rings is 1. The fraction of sp³-hybridized carbons (Fsp3) is 0.0769. The van der Waals surface area contributed by atoms with Crippen molar-refractivity contribution in [3.63, 3.8) is 0 Å². The first-order valence-corrected chi connectivity index (χ1v) is 5.61. The minimum absolute atomic E-state index is 0.0322. The lowest BCUT2D eigenvalue weighted by Gasteiger charge is -2.09. The molecule has 20 heavy (non-hydrogen) atoms. The molecule has 0 saturated carbocycles. The van der Waals surface area contributed by atoms with E-state index < -0.39 is 23.4 Å². The van der Waals surface area contributed by atoms with Gasteiger partial charge in [-0.3, -0.25) is 9.78 Å². The number of halogens is 1. The average molecular weight is 275 g/mol. The number of nitrogens with zero attached hydrogens (tertiary/aromatic N) is 2. The standard InChI is InChI=1S/C13H10FN3O3/c1-7-5-16-10(6-15-7)12(18)17-11-8(13(19)20)3-2-4-9(11)14/h2-6H,1H3,(H,17,18)(H,19,20). The molecule has 0 spiro atoms. The lowest BCUT2D eigenvalue weighted by molar-refractivity contribution is 0.0697. The van der Waals surface area contributed by atoms with Gasteiger partial charge in [-0.05, 0) is 19.1 Å². The number of carbonyl (C=O) groups is 2. The molecule has 0 radical (unpaired) electrons. The van der Waals surface area contributed by atoms with Gasteiger partial charge in [0.1, 0.15) is 11.5 Å². The summed E-state index contributed by atoms with van der Waals surface area (Å²) in [4.78, 5) is 30.6. The van der Waals surface area contributed by atoms with Crippen molar-refractivity contribution in [3.05, 3.63) is 53.4 Å². The summed E-state index contributed by atoms with van der Waals surface area (Å²) in [5.74, 6) is -2.90.